The lowest BCUT2D eigenvalue weighted by atomic mass is 9.87. The topological polar surface area (TPSA) is 46.2 Å². The minimum absolute atomic E-state index is 0.237. The molecule has 1 aromatic carbocycles. The Morgan fingerprint density at radius 1 is 1.00 bits per heavy atom. The first kappa shape index (κ1) is 12.6. The Morgan fingerprint density at radius 2 is 1.59 bits per heavy atom. The highest BCUT2D eigenvalue weighted by atomic mass is 16.3. The molecule has 2 atom stereocenters. The maximum absolute atomic E-state index is 10.4. The first-order valence-electron chi connectivity index (χ1n) is 6.77. The highest BCUT2D eigenvalue weighted by Gasteiger charge is 2.26. The second kappa shape index (κ2) is 6.18. The third kappa shape index (κ3) is 3.30. The molecule has 1 fully saturated rings. The molecule has 0 heterocycles. The fourth-order valence-corrected chi connectivity index (χ4v) is 2.82. The Labute approximate surface area is 104 Å². The van der Waals surface area contributed by atoms with Crippen molar-refractivity contribution >= 4 is 0 Å². The number of aliphatic hydroxyl groups is 1. The molecule has 1 aliphatic rings. The summed E-state index contributed by atoms with van der Waals surface area (Å²) in [5.74, 6) is 0.382. The van der Waals surface area contributed by atoms with Gasteiger partial charge in [-0.15, -0.1) is 0 Å². The Bertz CT molecular complexity index is 317. The van der Waals surface area contributed by atoms with E-state index in [4.69, 9.17) is 5.73 Å². The van der Waals surface area contributed by atoms with Crippen LogP contribution in [0, 0.1) is 5.92 Å². The van der Waals surface area contributed by atoms with Gasteiger partial charge in [-0.1, -0.05) is 56.0 Å². The van der Waals surface area contributed by atoms with Gasteiger partial charge in [0.2, 0.25) is 0 Å². The highest BCUT2D eigenvalue weighted by molar-refractivity contribution is 5.19. The number of hydrogen-bond donors (Lipinski definition) is 2. The Hall–Kier alpha value is -0.860. The summed E-state index contributed by atoms with van der Waals surface area (Å²) in [6.45, 7) is 0. The van der Waals surface area contributed by atoms with Crippen LogP contribution in [-0.2, 0) is 0 Å². The van der Waals surface area contributed by atoms with Crippen LogP contribution in [0.25, 0.3) is 0 Å². The van der Waals surface area contributed by atoms with Crippen molar-refractivity contribution in [1.29, 1.82) is 0 Å². The van der Waals surface area contributed by atoms with Gasteiger partial charge in [0.05, 0.1) is 12.1 Å². The molecular weight excluding hydrogens is 210 g/mol. The molecule has 2 nitrogen and oxygen atoms in total. The lowest BCUT2D eigenvalue weighted by Crippen LogP contribution is -2.32. The summed E-state index contributed by atoms with van der Waals surface area (Å²) in [4.78, 5) is 0. The van der Waals surface area contributed by atoms with E-state index in [0.29, 0.717) is 5.92 Å². The average molecular weight is 233 g/mol. The van der Waals surface area contributed by atoms with E-state index in [1.165, 1.54) is 25.7 Å². The zero-order chi connectivity index (χ0) is 12.1. The first-order chi connectivity index (χ1) is 8.29. The molecule has 94 valence electrons. The van der Waals surface area contributed by atoms with Crippen LogP contribution in [0.15, 0.2) is 30.3 Å². The van der Waals surface area contributed by atoms with Crippen molar-refractivity contribution in [2.45, 2.75) is 50.7 Å². The predicted molar refractivity (Wildman–Crippen MR) is 70.6 cm³/mol. The molecule has 17 heavy (non-hydrogen) atoms. The minimum Gasteiger partial charge on any atom is -0.391 e. The molecule has 0 radical (unpaired) electrons. The summed E-state index contributed by atoms with van der Waals surface area (Å²) >= 11 is 0. The van der Waals surface area contributed by atoms with E-state index in [1.54, 1.807) is 0 Å². The van der Waals surface area contributed by atoms with E-state index in [0.717, 1.165) is 18.4 Å². The smallest absolute Gasteiger partial charge is 0.0760 e. The number of aliphatic hydroxyl groups excluding tert-OH is 1. The quantitative estimate of drug-likeness (QED) is 0.788. The summed E-state index contributed by atoms with van der Waals surface area (Å²) < 4.78 is 0. The zero-order valence-electron chi connectivity index (χ0n) is 10.4. The van der Waals surface area contributed by atoms with Crippen molar-refractivity contribution in [1.82, 2.24) is 0 Å². The van der Waals surface area contributed by atoms with Crippen LogP contribution in [0.1, 0.15) is 50.1 Å². The normalized spacial score (nSPS) is 21.8. The van der Waals surface area contributed by atoms with Crippen LogP contribution in [0.5, 0.6) is 0 Å². The van der Waals surface area contributed by atoms with Crippen LogP contribution < -0.4 is 5.73 Å². The Kier molecular flexibility index (Phi) is 4.57. The van der Waals surface area contributed by atoms with Gasteiger partial charge in [-0.2, -0.15) is 0 Å². The van der Waals surface area contributed by atoms with E-state index in [2.05, 4.69) is 0 Å². The van der Waals surface area contributed by atoms with Crippen LogP contribution in [0.2, 0.25) is 0 Å². The Balaban J connectivity index is 2.00. The summed E-state index contributed by atoms with van der Waals surface area (Å²) in [6, 6.07) is 9.72. The van der Waals surface area contributed by atoms with Gasteiger partial charge in [0.15, 0.2) is 0 Å². The monoisotopic (exact) mass is 233 g/mol. The molecular formula is C15H23NO. The summed E-state index contributed by atoms with van der Waals surface area (Å²) in [7, 11) is 0. The van der Waals surface area contributed by atoms with Crippen LogP contribution in [-0.4, -0.2) is 11.2 Å². The second-order valence-electron chi connectivity index (χ2n) is 5.18. The van der Waals surface area contributed by atoms with E-state index in [9.17, 15) is 5.11 Å². The van der Waals surface area contributed by atoms with Crippen LogP contribution >= 0.6 is 0 Å². The number of benzene rings is 1. The van der Waals surface area contributed by atoms with Gasteiger partial charge in [0.25, 0.3) is 0 Å². The molecule has 2 heteroatoms. The third-order valence-electron chi connectivity index (χ3n) is 3.94. The molecule has 0 saturated heterocycles. The van der Waals surface area contributed by atoms with Gasteiger partial charge in [0.1, 0.15) is 0 Å². The maximum Gasteiger partial charge on any atom is 0.0760 e. The van der Waals surface area contributed by atoms with Gasteiger partial charge in [-0.25, -0.2) is 0 Å². The van der Waals surface area contributed by atoms with Gasteiger partial charge >= 0.3 is 0 Å². The van der Waals surface area contributed by atoms with Gasteiger partial charge in [-0.05, 0) is 24.3 Å². The van der Waals surface area contributed by atoms with Crippen molar-refractivity contribution in [2.24, 2.45) is 11.7 Å². The van der Waals surface area contributed by atoms with E-state index in [1.807, 2.05) is 30.3 Å². The van der Waals surface area contributed by atoms with Crippen molar-refractivity contribution in [3.63, 3.8) is 0 Å². The Morgan fingerprint density at radius 3 is 2.18 bits per heavy atom. The van der Waals surface area contributed by atoms with Crippen LogP contribution in [0.4, 0.5) is 0 Å². The molecule has 1 saturated carbocycles. The third-order valence-corrected chi connectivity index (χ3v) is 3.94. The van der Waals surface area contributed by atoms with Crippen molar-refractivity contribution < 1.29 is 5.11 Å². The molecule has 0 aromatic heterocycles. The molecule has 3 N–H and O–H groups in total. The summed E-state index contributed by atoms with van der Waals surface area (Å²) in [6.07, 6.45) is 6.96. The minimum atomic E-state index is -0.393. The van der Waals surface area contributed by atoms with E-state index >= 15 is 0 Å². The lowest BCUT2D eigenvalue weighted by Gasteiger charge is -2.27. The van der Waals surface area contributed by atoms with Gasteiger partial charge < -0.3 is 10.8 Å². The van der Waals surface area contributed by atoms with E-state index in [-0.39, 0.29) is 6.04 Å². The molecule has 1 aromatic rings. The summed E-state index contributed by atoms with van der Waals surface area (Å²) in [5.41, 5.74) is 7.22. The fraction of sp³-hybridized carbons (Fsp3) is 0.600. The van der Waals surface area contributed by atoms with Crippen molar-refractivity contribution in [2.75, 3.05) is 0 Å². The molecule has 2 unspecified atom stereocenters. The van der Waals surface area contributed by atoms with Crippen molar-refractivity contribution in [3.8, 4) is 0 Å². The highest BCUT2D eigenvalue weighted by Crippen LogP contribution is 2.30. The summed E-state index contributed by atoms with van der Waals surface area (Å²) in [5, 5.41) is 10.4. The van der Waals surface area contributed by atoms with E-state index < -0.39 is 6.10 Å². The average Bonchev–Trinajstić information content (AvgIpc) is 2.67. The molecule has 1 aliphatic carbocycles. The SMILES string of the molecule is NC(c1ccccc1)C(O)C1CCCCCC1. The molecule has 0 amide bonds. The standard InChI is InChI=1S/C15H23NO/c16-14(12-8-6-3-7-9-12)15(17)13-10-4-1-2-5-11-13/h3,6-9,13-15,17H,1-2,4-5,10-11,16H2. The second-order valence-corrected chi connectivity index (χ2v) is 5.18. The van der Waals surface area contributed by atoms with Crippen LogP contribution in [0.3, 0.4) is 0 Å². The molecule has 2 rings (SSSR count). The largest absolute Gasteiger partial charge is 0.391 e. The zero-order valence-corrected chi connectivity index (χ0v) is 10.4. The van der Waals surface area contributed by atoms with Gasteiger partial charge in [0, 0.05) is 0 Å². The van der Waals surface area contributed by atoms with Crippen molar-refractivity contribution in [3.05, 3.63) is 35.9 Å². The first-order valence-corrected chi connectivity index (χ1v) is 6.77. The molecule has 0 bridgehead atoms. The number of rotatable bonds is 3. The van der Waals surface area contributed by atoms with Gasteiger partial charge in [-0.3, -0.25) is 0 Å². The molecule has 0 spiro atoms. The number of hydrogen-bond acceptors (Lipinski definition) is 2. The lowest BCUT2D eigenvalue weighted by molar-refractivity contribution is 0.0735. The maximum atomic E-state index is 10.4. The molecule has 0 aliphatic heterocycles. The fourth-order valence-electron chi connectivity index (χ4n) is 2.82. The number of nitrogens with two attached hydrogens (primary N) is 1. The predicted octanol–water partition coefficient (Wildman–Crippen LogP) is 3.02.